The molecule has 25 heavy (non-hydrogen) atoms. The average Bonchev–Trinajstić information content (AvgIpc) is 2.95. The van der Waals surface area contributed by atoms with Gasteiger partial charge >= 0.3 is 12.1 Å². The number of hydrogen-bond donors (Lipinski definition) is 2. The summed E-state index contributed by atoms with van der Waals surface area (Å²) in [5.74, 6) is -1.90. The molecular weight excluding hydrogens is 359 g/mol. The minimum atomic E-state index is -4.60. The third-order valence-corrected chi connectivity index (χ3v) is 4.12. The molecule has 128 valence electrons. The van der Waals surface area contributed by atoms with Gasteiger partial charge in [-0.2, -0.15) is 13.2 Å². The topological polar surface area (TPSA) is 92.2 Å². The maximum Gasteiger partial charge on any atom is 0.417 e. The highest BCUT2D eigenvalue weighted by Gasteiger charge is 2.31. The molecule has 0 bridgehead atoms. The van der Waals surface area contributed by atoms with E-state index in [2.05, 4.69) is 15.3 Å². The zero-order valence-electron chi connectivity index (χ0n) is 12.2. The molecule has 0 radical (unpaired) electrons. The Morgan fingerprint density at radius 2 is 1.88 bits per heavy atom. The smallest absolute Gasteiger partial charge is 0.417 e. The first-order valence-corrected chi connectivity index (χ1v) is 7.53. The SMILES string of the molecule is O=C(O)c1ccc2nc(NC(=O)c3cncc(C(F)(F)F)c3)sc2c1. The molecule has 1 amide bonds. The quantitative estimate of drug-likeness (QED) is 0.737. The van der Waals surface area contributed by atoms with Gasteiger partial charge in [-0.15, -0.1) is 0 Å². The van der Waals surface area contributed by atoms with Crippen LogP contribution in [0, 0.1) is 0 Å². The standard InChI is InChI=1S/C15H8F3N3O3S/c16-15(17,18)9-3-8(5-19-6-9)12(22)21-14-20-10-2-1-7(13(23)24)4-11(10)25-14/h1-6H,(H,23,24)(H,20,21,22). The fourth-order valence-corrected chi connectivity index (χ4v) is 2.90. The highest BCUT2D eigenvalue weighted by molar-refractivity contribution is 7.22. The number of benzene rings is 1. The molecule has 10 heteroatoms. The van der Waals surface area contributed by atoms with Crippen molar-refractivity contribution in [3.63, 3.8) is 0 Å². The number of aromatic carboxylic acids is 1. The number of alkyl halides is 3. The van der Waals surface area contributed by atoms with Crippen molar-refractivity contribution in [3.05, 3.63) is 53.3 Å². The van der Waals surface area contributed by atoms with Crippen molar-refractivity contribution >= 4 is 38.6 Å². The molecule has 0 saturated heterocycles. The van der Waals surface area contributed by atoms with Crippen LogP contribution in [0.25, 0.3) is 10.2 Å². The second kappa shape index (κ2) is 6.13. The van der Waals surface area contributed by atoms with Crippen molar-refractivity contribution in [1.29, 1.82) is 0 Å². The van der Waals surface area contributed by atoms with E-state index in [1.807, 2.05) is 0 Å². The molecule has 2 aromatic heterocycles. The summed E-state index contributed by atoms with van der Waals surface area (Å²) < 4.78 is 38.5. The summed E-state index contributed by atoms with van der Waals surface area (Å²) in [7, 11) is 0. The van der Waals surface area contributed by atoms with Gasteiger partial charge in [-0.3, -0.25) is 15.1 Å². The number of carboxylic acids is 1. The lowest BCUT2D eigenvalue weighted by Gasteiger charge is -2.07. The van der Waals surface area contributed by atoms with Gasteiger partial charge in [-0.25, -0.2) is 9.78 Å². The number of thiazole rings is 1. The number of carbonyl (C=O) groups is 2. The molecule has 0 spiro atoms. The number of aromatic nitrogens is 2. The van der Waals surface area contributed by atoms with Gasteiger partial charge in [-0.1, -0.05) is 11.3 Å². The molecule has 2 N–H and O–H groups in total. The lowest BCUT2D eigenvalue weighted by molar-refractivity contribution is -0.137. The molecule has 0 saturated carbocycles. The van der Waals surface area contributed by atoms with Crippen LogP contribution in [0.15, 0.2) is 36.7 Å². The fraction of sp³-hybridized carbons (Fsp3) is 0.0667. The minimum Gasteiger partial charge on any atom is -0.478 e. The van der Waals surface area contributed by atoms with E-state index in [1.165, 1.54) is 18.2 Å². The summed E-state index contributed by atoms with van der Waals surface area (Å²) in [6.07, 6.45) is -2.96. The van der Waals surface area contributed by atoms with E-state index in [9.17, 15) is 22.8 Å². The minimum absolute atomic E-state index is 0.0658. The van der Waals surface area contributed by atoms with Crippen molar-refractivity contribution in [1.82, 2.24) is 9.97 Å². The van der Waals surface area contributed by atoms with Crippen molar-refractivity contribution in [3.8, 4) is 0 Å². The molecule has 2 heterocycles. The Morgan fingerprint density at radius 3 is 2.56 bits per heavy atom. The summed E-state index contributed by atoms with van der Waals surface area (Å²) >= 11 is 1.01. The lowest BCUT2D eigenvalue weighted by atomic mass is 10.2. The summed E-state index contributed by atoms with van der Waals surface area (Å²) in [4.78, 5) is 30.6. The highest BCUT2D eigenvalue weighted by Crippen LogP contribution is 2.30. The molecule has 0 atom stereocenters. The number of carboxylic acid groups (broad SMARTS) is 1. The maximum atomic E-state index is 12.7. The number of amides is 1. The lowest BCUT2D eigenvalue weighted by Crippen LogP contribution is -2.14. The van der Waals surface area contributed by atoms with Crippen molar-refractivity contribution in [2.45, 2.75) is 6.18 Å². The summed E-state index contributed by atoms with van der Waals surface area (Å²) in [6, 6.07) is 4.94. The Hall–Kier alpha value is -3.01. The number of pyridine rings is 1. The Bertz CT molecular complexity index is 985. The van der Waals surface area contributed by atoms with E-state index in [4.69, 9.17) is 5.11 Å². The van der Waals surface area contributed by atoms with E-state index >= 15 is 0 Å². The van der Waals surface area contributed by atoms with Gasteiger partial charge in [0.2, 0.25) is 0 Å². The zero-order chi connectivity index (χ0) is 18.2. The predicted molar refractivity (Wildman–Crippen MR) is 83.8 cm³/mol. The average molecular weight is 367 g/mol. The molecule has 0 unspecified atom stereocenters. The molecule has 6 nitrogen and oxygen atoms in total. The molecule has 3 rings (SSSR count). The van der Waals surface area contributed by atoms with Crippen LogP contribution >= 0.6 is 11.3 Å². The van der Waals surface area contributed by atoms with Crippen LogP contribution in [0.2, 0.25) is 0 Å². The first-order valence-electron chi connectivity index (χ1n) is 6.71. The maximum absolute atomic E-state index is 12.7. The zero-order valence-corrected chi connectivity index (χ0v) is 13.0. The van der Waals surface area contributed by atoms with Crippen LogP contribution in [0.5, 0.6) is 0 Å². The van der Waals surface area contributed by atoms with Gasteiger partial charge in [0.1, 0.15) is 0 Å². The van der Waals surface area contributed by atoms with E-state index < -0.39 is 23.6 Å². The predicted octanol–water partition coefficient (Wildman–Crippen LogP) is 3.66. The van der Waals surface area contributed by atoms with Gasteiger partial charge in [0.05, 0.1) is 26.9 Å². The van der Waals surface area contributed by atoms with Crippen molar-refractivity contribution < 1.29 is 27.9 Å². The molecule has 0 aliphatic rings. The number of nitrogens with zero attached hydrogens (tertiary/aromatic N) is 2. The molecule has 3 aromatic rings. The Kier molecular flexibility index (Phi) is 4.13. The number of halogens is 3. The first-order chi connectivity index (χ1) is 11.7. The second-order valence-electron chi connectivity index (χ2n) is 4.92. The third-order valence-electron chi connectivity index (χ3n) is 3.18. The van der Waals surface area contributed by atoms with Crippen LogP contribution in [0.4, 0.5) is 18.3 Å². The van der Waals surface area contributed by atoms with E-state index in [0.717, 1.165) is 17.5 Å². The highest BCUT2D eigenvalue weighted by atomic mass is 32.1. The Balaban J connectivity index is 1.86. The molecule has 1 aromatic carbocycles. The van der Waals surface area contributed by atoms with Crippen LogP contribution in [-0.4, -0.2) is 27.0 Å². The molecule has 0 aliphatic carbocycles. The largest absolute Gasteiger partial charge is 0.478 e. The van der Waals surface area contributed by atoms with E-state index in [1.54, 1.807) is 0 Å². The number of carbonyl (C=O) groups excluding carboxylic acids is 1. The van der Waals surface area contributed by atoms with Crippen molar-refractivity contribution in [2.24, 2.45) is 0 Å². The van der Waals surface area contributed by atoms with Gasteiger partial charge in [0.25, 0.3) is 5.91 Å². The fourth-order valence-electron chi connectivity index (χ4n) is 2.00. The van der Waals surface area contributed by atoms with E-state index in [-0.39, 0.29) is 16.3 Å². The van der Waals surface area contributed by atoms with Gasteiger partial charge < -0.3 is 5.11 Å². The Labute approximate surface area is 142 Å². The van der Waals surface area contributed by atoms with Crippen LogP contribution in [0.3, 0.4) is 0 Å². The molecule has 0 fully saturated rings. The normalized spacial score (nSPS) is 11.5. The van der Waals surface area contributed by atoms with Crippen LogP contribution in [-0.2, 0) is 6.18 Å². The van der Waals surface area contributed by atoms with Crippen molar-refractivity contribution in [2.75, 3.05) is 5.32 Å². The number of rotatable bonds is 3. The van der Waals surface area contributed by atoms with Gasteiger partial charge in [0.15, 0.2) is 5.13 Å². The monoisotopic (exact) mass is 367 g/mol. The number of anilines is 1. The second-order valence-corrected chi connectivity index (χ2v) is 5.95. The van der Waals surface area contributed by atoms with Crippen LogP contribution in [0.1, 0.15) is 26.3 Å². The summed E-state index contributed by atoms with van der Waals surface area (Å²) in [5, 5.41) is 11.5. The number of nitrogens with one attached hydrogen (secondary N) is 1. The summed E-state index contributed by atoms with van der Waals surface area (Å²) in [5.41, 5.74) is -0.764. The first kappa shape index (κ1) is 16.8. The summed E-state index contributed by atoms with van der Waals surface area (Å²) in [6.45, 7) is 0. The van der Waals surface area contributed by atoms with E-state index in [0.29, 0.717) is 22.5 Å². The number of fused-ring (bicyclic) bond motifs is 1. The molecule has 0 aliphatic heterocycles. The van der Waals surface area contributed by atoms with Gasteiger partial charge in [-0.05, 0) is 24.3 Å². The Morgan fingerprint density at radius 1 is 1.12 bits per heavy atom. The molecular formula is C15H8F3N3O3S. The number of hydrogen-bond acceptors (Lipinski definition) is 5. The van der Waals surface area contributed by atoms with Gasteiger partial charge in [0, 0.05) is 12.4 Å². The van der Waals surface area contributed by atoms with Crippen LogP contribution < -0.4 is 5.32 Å². The third kappa shape index (κ3) is 3.58.